The quantitative estimate of drug-likeness (QED) is 0.371. The Hall–Kier alpha value is -3.55. The van der Waals surface area contributed by atoms with E-state index >= 15 is 0 Å². The van der Waals surface area contributed by atoms with E-state index in [4.69, 9.17) is 32.7 Å². The van der Waals surface area contributed by atoms with E-state index in [2.05, 4.69) is 0 Å². The molecule has 2 heterocycles. The zero-order valence-corrected chi connectivity index (χ0v) is 18.7. The molecule has 2 aliphatic heterocycles. The van der Waals surface area contributed by atoms with E-state index in [0.717, 1.165) is 0 Å². The minimum Gasteiger partial charge on any atom is -0.508 e. The van der Waals surface area contributed by atoms with Gasteiger partial charge in [0, 0.05) is 39.9 Å². The summed E-state index contributed by atoms with van der Waals surface area (Å²) in [7, 11) is 0. The summed E-state index contributed by atoms with van der Waals surface area (Å²) in [4.78, 5) is 38.7. The van der Waals surface area contributed by atoms with Crippen molar-refractivity contribution < 1.29 is 34.1 Å². The van der Waals surface area contributed by atoms with Gasteiger partial charge in [-0.25, -0.2) is 4.79 Å². The van der Waals surface area contributed by atoms with Crippen LogP contribution in [-0.4, -0.2) is 27.7 Å². The Labute approximate surface area is 197 Å². The predicted molar refractivity (Wildman–Crippen MR) is 118 cm³/mol. The van der Waals surface area contributed by atoms with Crippen LogP contribution in [0.3, 0.4) is 0 Å². The molecule has 9 heteroatoms. The molecule has 7 nitrogen and oxygen atoms in total. The van der Waals surface area contributed by atoms with Gasteiger partial charge in [-0.1, -0.05) is 23.2 Å². The van der Waals surface area contributed by atoms with Gasteiger partial charge in [0.2, 0.25) is 0 Å². The molecule has 5 rings (SSSR count). The third kappa shape index (κ3) is 2.73. The minimum absolute atomic E-state index is 0.0572. The molecule has 33 heavy (non-hydrogen) atoms. The first-order chi connectivity index (χ1) is 15.6. The molecule has 0 saturated heterocycles. The molecule has 0 aromatic heterocycles. The van der Waals surface area contributed by atoms with Gasteiger partial charge in [0.1, 0.15) is 23.0 Å². The summed E-state index contributed by atoms with van der Waals surface area (Å²) in [5.74, 6) is -1.90. The summed E-state index contributed by atoms with van der Waals surface area (Å²) in [5.41, 5.74) is -1.48. The van der Waals surface area contributed by atoms with Crippen molar-refractivity contribution in [2.24, 2.45) is 0 Å². The lowest BCUT2D eigenvalue weighted by Gasteiger charge is -2.37. The second-order valence-electron chi connectivity index (χ2n) is 7.77. The van der Waals surface area contributed by atoms with E-state index in [9.17, 15) is 24.6 Å². The number of fused-ring (bicyclic) bond motifs is 6. The number of benzene rings is 3. The number of halogens is 2. The van der Waals surface area contributed by atoms with Gasteiger partial charge < -0.3 is 19.7 Å². The van der Waals surface area contributed by atoms with Crippen LogP contribution >= 0.6 is 23.2 Å². The molecule has 0 fully saturated rings. The van der Waals surface area contributed by atoms with Gasteiger partial charge in [-0.3, -0.25) is 9.59 Å². The predicted octanol–water partition coefficient (Wildman–Crippen LogP) is 5.38. The Kier molecular flexibility index (Phi) is 4.50. The maximum Gasteiger partial charge on any atom is 0.341 e. The molecule has 0 saturated carbocycles. The fourth-order valence-corrected chi connectivity index (χ4v) is 5.16. The van der Waals surface area contributed by atoms with Crippen LogP contribution in [0.5, 0.6) is 23.0 Å². The summed E-state index contributed by atoms with van der Waals surface area (Å²) in [6.07, 6.45) is 0. The monoisotopic (exact) mass is 484 g/mol. The van der Waals surface area contributed by atoms with Gasteiger partial charge in [0.05, 0.1) is 15.6 Å². The molecule has 0 radical (unpaired) electrons. The minimum atomic E-state index is -1.75. The number of Topliss-reactive ketones (excluding diaryl/α,β-unsaturated/α-hetero) is 2. The van der Waals surface area contributed by atoms with Crippen LogP contribution in [0.4, 0.5) is 0 Å². The van der Waals surface area contributed by atoms with E-state index in [1.807, 2.05) is 0 Å². The normalized spacial score (nSPS) is 14.7. The average Bonchev–Trinajstić information content (AvgIpc) is 3.02. The third-order valence-corrected chi connectivity index (χ3v) is 6.65. The van der Waals surface area contributed by atoms with Crippen LogP contribution < -0.4 is 4.74 Å². The van der Waals surface area contributed by atoms with Crippen molar-refractivity contribution in [3.8, 4) is 23.0 Å². The van der Waals surface area contributed by atoms with Crippen molar-refractivity contribution >= 4 is 40.7 Å². The largest absolute Gasteiger partial charge is 0.508 e. The summed E-state index contributed by atoms with van der Waals surface area (Å²) in [6, 6.07) is 8.35. The molecule has 2 N–H and O–H groups in total. The molecule has 0 aliphatic carbocycles. The fourth-order valence-electron chi connectivity index (χ4n) is 4.57. The maximum absolute atomic E-state index is 13.2. The lowest BCUT2D eigenvalue weighted by Crippen LogP contribution is -2.34. The van der Waals surface area contributed by atoms with E-state index < -0.39 is 23.1 Å². The van der Waals surface area contributed by atoms with E-state index in [1.165, 1.54) is 50.2 Å². The van der Waals surface area contributed by atoms with E-state index in [-0.39, 0.29) is 55.3 Å². The maximum atomic E-state index is 13.2. The number of esters is 1. The highest BCUT2D eigenvalue weighted by Crippen LogP contribution is 2.59. The summed E-state index contributed by atoms with van der Waals surface area (Å²) in [5, 5.41) is 19.6. The Morgan fingerprint density at radius 2 is 1.36 bits per heavy atom. The Morgan fingerprint density at radius 1 is 0.848 bits per heavy atom. The molecule has 0 amide bonds. The zero-order chi connectivity index (χ0) is 23.8. The number of hydrogen-bond donors (Lipinski definition) is 2. The Bertz CT molecular complexity index is 1390. The van der Waals surface area contributed by atoms with Gasteiger partial charge in [0.15, 0.2) is 17.2 Å². The molecule has 0 bridgehead atoms. The van der Waals surface area contributed by atoms with Crippen molar-refractivity contribution in [1.82, 2.24) is 0 Å². The van der Waals surface area contributed by atoms with E-state index in [1.54, 1.807) is 0 Å². The van der Waals surface area contributed by atoms with Gasteiger partial charge in [-0.05, 0) is 38.1 Å². The standard InChI is InChI=1S/C24H14Cl2O7/c1-9(27)17-18(10(2)28)21(25)22(26)19-20(17)24(33-23(19)31)13-5-3-11(29)7-15(13)32-16-8-12(30)4-6-14(16)24/h3-8,29-30H,1-2H3. The van der Waals surface area contributed by atoms with Crippen LogP contribution in [0.2, 0.25) is 10.0 Å². The SMILES string of the molecule is CC(=O)c1c(Cl)c(Cl)c2c(c1C(C)=O)C1(OC2=O)c2ccc(O)cc2Oc2cc(O)ccc21. The van der Waals surface area contributed by atoms with Crippen LogP contribution in [0.25, 0.3) is 0 Å². The highest BCUT2D eigenvalue weighted by molar-refractivity contribution is 6.46. The smallest absolute Gasteiger partial charge is 0.341 e. The molecule has 0 atom stereocenters. The zero-order valence-electron chi connectivity index (χ0n) is 17.2. The van der Waals surface area contributed by atoms with Crippen LogP contribution in [0, 0.1) is 0 Å². The number of rotatable bonds is 2. The van der Waals surface area contributed by atoms with Crippen LogP contribution in [-0.2, 0) is 10.3 Å². The van der Waals surface area contributed by atoms with Crippen molar-refractivity contribution in [3.63, 3.8) is 0 Å². The van der Waals surface area contributed by atoms with Crippen molar-refractivity contribution in [3.05, 3.63) is 79.8 Å². The third-order valence-electron chi connectivity index (χ3n) is 5.80. The van der Waals surface area contributed by atoms with Crippen LogP contribution in [0.1, 0.15) is 61.6 Å². The summed E-state index contributed by atoms with van der Waals surface area (Å²) in [6.45, 7) is 2.49. The number of carbonyl (C=O) groups excluding carboxylic acids is 3. The fraction of sp³-hybridized carbons (Fsp3) is 0.125. The highest BCUT2D eigenvalue weighted by Gasteiger charge is 2.57. The second-order valence-corrected chi connectivity index (χ2v) is 8.53. The molecule has 3 aromatic carbocycles. The van der Waals surface area contributed by atoms with Crippen molar-refractivity contribution in [2.45, 2.75) is 19.4 Å². The summed E-state index contributed by atoms with van der Waals surface area (Å²) < 4.78 is 11.9. The number of ketones is 2. The first-order valence-corrected chi connectivity index (χ1v) is 10.5. The number of phenolic OH excluding ortho intramolecular Hbond substituents is 2. The van der Waals surface area contributed by atoms with Gasteiger partial charge in [-0.2, -0.15) is 0 Å². The number of aromatic hydroxyl groups is 2. The lowest BCUT2D eigenvalue weighted by atomic mass is 9.74. The number of phenols is 2. The van der Waals surface area contributed by atoms with Crippen LogP contribution in [0.15, 0.2) is 36.4 Å². The average molecular weight is 485 g/mol. The van der Waals surface area contributed by atoms with E-state index in [0.29, 0.717) is 11.1 Å². The molecule has 166 valence electrons. The molecular formula is C24H14Cl2O7. The first kappa shape index (κ1) is 21.3. The highest BCUT2D eigenvalue weighted by atomic mass is 35.5. The molecule has 2 aliphatic rings. The molecule has 0 unspecified atom stereocenters. The van der Waals surface area contributed by atoms with Gasteiger partial charge >= 0.3 is 5.97 Å². The number of ether oxygens (including phenoxy) is 2. The molecular weight excluding hydrogens is 471 g/mol. The Balaban J connectivity index is 2.04. The van der Waals surface area contributed by atoms with Crippen molar-refractivity contribution in [1.29, 1.82) is 0 Å². The lowest BCUT2D eigenvalue weighted by molar-refractivity contribution is 0.0222. The topological polar surface area (TPSA) is 110 Å². The van der Waals surface area contributed by atoms with Gasteiger partial charge in [-0.15, -0.1) is 0 Å². The molecule has 3 aromatic rings. The second kappa shape index (κ2) is 6.97. The van der Waals surface area contributed by atoms with Crippen molar-refractivity contribution in [2.75, 3.05) is 0 Å². The summed E-state index contributed by atoms with van der Waals surface area (Å²) >= 11 is 12.8. The molecule has 1 spiro atoms. The first-order valence-electron chi connectivity index (χ1n) is 9.73. The van der Waals surface area contributed by atoms with Gasteiger partial charge in [0.25, 0.3) is 0 Å². The number of hydrogen-bond acceptors (Lipinski definition) is 7. The number of carbonyl (C=O) groups is 3. The Morgan fingerprint density at radius 3 is 1.85 bits per heavy atom.